The molecular weight excluding hydrogens is 422 g/mol. The minimum absolute atomic E-state index is 0.0304. The van der Waals surface area contributed by atoms with Crippen LogP contribution >= 0.6 is 34.8 Å². The van der Waals surface area contributed by atoms with E-state index in [0.717, 1.165) is 10.8 Å². The Bertz CT molecular complexity index is 752. The van der Waals surface area contributed by atoms with Gasteiger partial charge >= 0.3 is 10.9 Å². The van der Waals surface area contributed by atoms with E-state index in [9.17, 15) is 26.5 Å². The molecule has 1 aromatic heterocycles. The monoisotopic (exact) mass is 426 g/mol. The Kier molecular flexibility index (Phi) is 5.33. The Morgan fingerprint density at radius 2 is 1.62 bits per heavy atom. The van der Waals surface area contributed by atoms with Gasteiger partial charge < -0.3 is 4.55 Å². The Morgan fingerprint density at radius 3 is 2.04 bits per heavy atom. The predicted molar refractivity (Wildman–Crippen MR) is 80.5 cm³/mol. The third kappa shape index (κ3) is 3.91. The van der Waals surface area contributed by atoms with Gasteiger partial charge in [-0.1, -0.05) is 23.2 Å². The first-order chi connectivity index (χ1) is 10.8. The van der Waals surface area contributed by atoms with Crippen LogP contribution in [-0.4, -0.2) is 18.8 Å². The van der Waals surface area contributed by atoms with Gasteiger partial charge in [-0.2, -0.15) is 18.2 Å². The summed E-state index contributed by atoms with van der Waals surface area (Å²) in [7, 11) is 0. The number of aromatic nitrogens is 2. The van der Waals surface area contributed by atoms with Gasteiger partial charge in [0.2, 0.25) is 0 Å². The van der Waals surface area contributed by atoms with Gasteiger partial charge in [-0.05, 0) is 19.1 Å². The topological polar surface area (TPSA) is 40.9 Å². The fourth-order valence-corrected chi connectivity index (χ4v) is 3.40. The zero-order chi connectivity index (χ0) is 18.4. The van der Waals surface area contributed by atoms with Crippen LogP contribution in [0.5, 0.6) is 0 Å². The molecule has 1 heterocycles. The van der Waals surface area contributed by atoms with Gasteiger partial charge in [0.05, 0.1) is 38.7 Å². The molecule has 2 aromatic rings. The Balaban J connectivity index is 2.56. The van der Waals surface area contributed by atoms with Gasteiger partial charge in [-0.15, -0.1) is 8.78 Å². The number of rotatable bonds is 3. The highest BCUT2D eigenvalue weighted by molar-refractivity contribution is 7.93. The van der Waals surface area contributed by atoms with Crippen LogP contribution in [0.1, 0.15) is 11.4 Å². The number of imidazole rings is 1. The number of aryl methyl sites for hydroxylation is 1. The normalized spacial score (nSPS) is 14.1. The van der Waals surface area contributed by atoms with Crippen LogP contribution < -0.4 is 0 Å². The smallest absolute Gasteiger partial charge is 0.498 e. The highest BCUT2D eigenvalue weighted by atomic mass is 35.5. The second-order valence-electron chi connectivity index (χ2n) is 4.50. The first-order valence-corrected chi connectivity index (χ1v) is 8.22. The van der Waals surface area contributed by atoms with E-state index in [1.807, 2.05) is 0 Å². The molecule has 3 nitrogen and oxygen atoms in total. The summed E-state index contributed by atoms with van der Waals surface area (Å²) in [5.41, 5.74) is -1.19. The lowest BCUT2D eigenvalue weighted by atomic mass is 10.2. The van der Waals surface area contributed by atoms with E-state index in [-0.39, 0.29) is 21.6 Å². The molecule has 0 aliphatic heterocycles. The van der Waals surface area contributed by atoms with Crippen LogP contribution in [0.25, 0.3) is 5.69 Å². The number of hydrogen-bond donors (Lipinski definition) is 0. The van der Waals surface area contributed by atoms with E-state index in [2.05, 4.69) is 4.98 Å². The summed E-state index contributed by atoms with van der Waals surface area (Å²) in [6.07, 6.45) is -3.74. The maximum Gasteiger partial charge on any atom is 0.498 e. The van der Waals surface area contributed by atoms with Gasteiger partial charge in [-0.25, -0.2) is 0 Å². The first-order valence-electron chi connectivity index (χ1n) is 5.93. The summed E-state index contributed by atoms with van der Waals surface area (Å²) >= 11 is 13.4. The molecule has 0 N–H and O–H groups in total. The molecule has 2 rings (SSSR count). The molecule has 0 bridgehead atoms. The average molecular weight is 428 g/mol. The minimum Gasteiger partial charge on any atom is -0.604 e. The Hall–Kier alpha value is -0.740. The summed E-state index contributed by atoms with van der Waals surface area (Å²) in [6, 6.07) is 1.27. The van der Waals surface area contributed by atoms with Crippen LogP contribution in [-0.2, 0) is 17.4 Å². The second kappa shape index (κ2) is 6.53. The van der Waals surface area contributed by atoms with Gasteiger partial charge in [0, 0.05) is 11.6 Å². The van der Waals surface area contributed by atoms with Crippen molar-refractivity contribution < 1.29 is 26.5 Å². The average Bonchev–Trinajstić information content (AvgIpc) is 2.77. The molecule has 0 saturated heterocycles. The van der Waals surface area contributed by atoms with Crippen molar-refractivity contribution in [3.63, 3.8) is 0 Å². The second-order valence-corrected chi connectivity index (χ2v) is 7.48. The molecule has 0 saturated carbocycles. The lowest BCUT2D eigenvalue weighted by Gasteiger charge is -2.13. The molecule has 1 aromatic carbocycles. The van der Waals surface area contributed by atoms with Crippen molar-refractivity contribution in [3.05, 3.63) is 39.8 Å². The van der Waals surface area contributed by atoms with Crippen molar-refractivity contribution in [2.75, 3.05) is 0 Å². The highest BCUT2D eigenvalue weighted by Crippen LogP contribution is 2.39. The summed E-state index contributed by atoms with van der Waals surface area (Å²) in [5.74, 6) is 0.0304. The van der Waals surface area contributed by atoms with Crippen molar-refractivity contribution in [3.8, 4) is 5.69 Å². The van der Waals surface area contributed by atoms with Crippen molar-refractivity contribution in [2.24, 2.45) is 0 Å². The largest absolute Gasteiger partial charge is 0.604 e. The maximum absolute atomic E-state index is 12.9. The Labute approximate surface area is 150 Å². The SMILES string of the molecule is Cc1nc([S+]([O-])C(F)(F)Cl)cn1-c1c(Cl)cc(C(F)(F)F)cc1Cl. The third-order valence-electron chi connectivity index (χ3n) is 2.85. The number of hydrogen-bond acceptors (Lipinski definition) is 2. The van der Waals surface area contributed by atoms with Crippen LogP contribution in [0, 0.1) is 6.92 Å². The molecule has 0 spiro atoms. The molecule has 132 valence electrons. The van der Waals surface area contributed by atoms with E-state index >= 15 is 0 Å². The Morgan fingerprint density at radius 1 is 1.12 bits per heavy atom. The molecule has 0 radical (unpaired) electrons. The molecule has 0 aliphatic rings. The summed E-state index contributed by atoms with van der Waals surface area (Å²) < 4.78 is 72.6. The van der Waals surface area contributed by atoms with Crippen molar-refractivity contribution in [2.45, 2.75) is 22.8 Å². The molecule has 24 heavy (non-hydrogen) atoms. The molecule has 1 atom stereocenters. The van der Waals surface area contributed by atoms with Gasteiger partial charge in [-0.3, -0.25) is 4.57 Å². The number of halogens is 8. The molecule has 0 amide bonds. The zero-order valence-corrected chi connectivity index (χ0v) is 14.6. The van der Waals surface area contributed by atoms with Gasteiger partial charge in [0.15, 0.2) is 0 Å². The fraction of sp³-hybridized carbons (Fsp3) is 0.250. The summed E-state index contributed by atoms with van der Waals surface area (Å²) in [4.78, 5) is 3.67. The minimum atomic E-state index is -4.66. The van der Waals surface area contributed by atoms with Crippen molar-refractivity contribution in [1.82, 2.24) is 9.55 Å². The zero-order valence-electron chi connectivity index (χ0n) is 11.5. The lowest BCUT2D eigenvalue weighted by Crippen LogP contribution is -2.22. The molecule has 1 unspecified atom stereocenters. The molecule has 0 fully saturated rings. The fourth-order valence-electron chi connectivity index (χ4n) is 1.84. The van der Waals surface area contributed by atoms with E-state index in [1.165, 1.54) is 6.92 Å². The quantitative estimate of drug-likeness (QED) is 0.374. The van der Waals surface area contributed by atoms with Gasteiger partial charge in [0.1, 0.15) is 5.82 Å². The predicted octanol–water partition coefficient (Wildman–Crippen LogP) is 5.40. The van der Waals surface area contributed by atoms with Crippen molar-refractivity contribution in [1.29, 1.82) is 0 Å². The van der Waals surface area contributed by atoms with E-state index in [4.69, 9.17) is 34.8 Å². The first kappa shape index (κ1) is 19.6. The van der Waals surface area contributed by atoms with Crippen LogP contribution in [0.2, 0.25) is 10.0 Å². The lowest BCUT2D eigenvalue weighted by molar-refractivity contribution is -0.137. The van der Waals surface area contributed by atoms with Gasteiger partial charge in [0.25, 0.3) is 5.03 Å². The van der Waals surface area contributed by atoms with Crippen LogP contribution in [0.3, 0.4) is 0 Å². The number of benzene rings is 1. The number of nitrogens with zero attached hydrogens (tertiary/aromatic N) is 2. The standard InChI is InChI=1S/C12H6Cl3F5N2OS/c1-5-21-9(24(23)12(15,19)20)4-22(5)10-7(13)2-6(3-8(10)14)11(16,17)18/h2-4H,1H3. The molecular formula is C12H6Cl3F5N2OS. The van der Waals surface area contributed by atoms with Crippen LogP contribution in [0.15, 0.2) is 23.4 Å². The summed E-state index contributed by atoms with van der Waals surface area (Å²) in [6.45, 7) is 1.34. The maximum atomic E-state index is 12.9. The molecule has 12 heteroatoms. The number of alkyl halides is 6. The third-order valence-corrected chi connectivity index (χ3v) is 4.84. The van der Waals surface area contributed by atoms with E-state index < -0.39 is 32.7 Å². The molecule has 0 aliphatic carbocycles. The van der Waals surface area contributed by atoms with E-state index in [0.29, 0.717) is 12.1 Å². The highest BCUT2D eigenvalue weighted by Gasteiger charge is 2.45. The van der Waals surface area contributed by atoms with E-state index in [1.54, 1.807) is 0 Å². The van der Waals surface area contributed by atoms with Crippen LogP contribution in [0.4, 0.5) is 22.0 Å². The summed E-state index contributed by atoms with van der Waals surface area (Å²) in [5, 5.41) is -1.34. The van der Waals surface area contributed by atoms with Crippen molar-refractivity contribution >= 4 is 46.0 Å².